The van der Waals surface area contributed by atoms with Crippen molar-refractivity contribution in [1.29, 1.82) is 0 Å². The van der Waals surface area contributed by atoms with Gasteiger partial charge in [-0.15, -0.1) is 0 Å². The number of hydrogen-bond acceptors (Lipinski definition) is 1. The lowest BCUT2D eigenvalue weighted by Gasteiger charge is -2.17. The minimum atomic E-state index is 0.858. The molecule has 3 aromatic carbocycles. The first-order valence-corrected chi connectivity index (χ1v) is 11.2. The summed E-state index contributed by atoms with van der Waals surface area (Å²) in [5.41, 5.74) is 11.7. The molecule has 32 heavy (non-hydrogen) atoms. The van der Waals surface area contributed by atoms with Crippen molar-refractivity contribution in [1.82, 2.24) is 9.55 Å². The number of hydrogen-bond donors (Lipinski definition) is 0. The summed E-state index contributed by atoms with van der Waals surface area (Å²) in [5, 5.41) is 2.61. The zero-order valence-electron chi connectivity index (χ0n) is 19.0. The lowest BCUT2D eigenvalue weighted by Crippen LogP contribution is -2.32. The molecule has 0 unspecified atom stereocenters. The van der Waals surface area contributed by atoms with Gasteiger partial charge in [-0.05, 0) is 48.4 Å². The van der Waals surface area contributed by atoms with Gasteiger partial charge in [-0.2, -0.15) is 0 Å². The fourth-order valence-corrected chi connectivity index (χ4v) is 5.35. The van der Waals surface area contributed by atoms with E-state index in [9.17, 15) is 0 Å². The molecule has 0 fully saturated rings. The lowest BCUT2D eigenvalue weighted by atomic mass is 9.89. The molecular weight excluding hydrogens is 390 g/mol. The average molecular weight is 417 g/mol. The Morgan fingerprint density at radius 1 is 0.938 bits per heavy atom. The van der Waals surface area contributed by atoms with Gasteiger partial charge in [0.1, 0.15) is 12.9 Å². The highest BCUT2D eigenvalue weighted by atomic mass is 15.1. The molecule has 0 amide bonds. The van der Waals surface area contributed by atoms with Crippen molar-refractivity contribution >= 4 is 10.8 Å². The van der Waals surface area contributed by atoms with Crippen LogP contribution in [0.4, 0.5) is 0 Å². The normalized spacial score (nSPS) is 12.2. The monoisotopic (exact) mass is 416 g/mol. The molecule has 0 saturated heterocycles. The fraction of sp³-hybridized carbons (Fsp3) is 0.172. The fourth-order valence-electron chi connectivity index (χ4n) is 5.35. The Morgan fingerprint density at radius 2 is 1.69 bits per heavy atom. The zero-order chi connectivity index (χ0) is 22.0. The number of imidazole rings is 1. The largest absolute Gasteiger partial charge is 0.303 e. The van der Waals surface area contributed by atoms with Gasteiger partial charge in [-0.3, -0.25) is 0 Å². The molecule has 1 aliphatic heterocycles. The van der Waals surface area contributed by atoms with Gasteiger partial charge in [0, 0.05) is 35.8 Å². The van der Waals surface area contributed by atoms with E-state index >= 15 is 0 Å². The van der Waals surface area contributed by atoms with Crippen molar-refractivity contribution in [2.75, 3.05) is 0 Å². The van der Waals surface area contributed by atoms with Gasteiger partial charge >= 0.3 is 0 Å². The second kappa shape index (κ2) is 6.89. The van der Waals surface area contributed by atoms with E-state index in [2.05, 4.69) is 109 Å². The van der Waals surface area contributed by atoms with Crippen molar-refractivity contribution < 1.29 is 4.57 Å². The Kier molecular flexibility index (Phi) is 4.09. The SMILES string of the molecule is Cc1ccc(-c2cc(-c3c4c(c5ccccc5c3C)-n3ccnc3C4)[n+](C)cc2C)cc1. The van der Waals surface area contributed by atoms with Crippen LogP contribution in [-0.4, -0.2) is 9.55 Å². The standard InChI is InChI=1S/C29H26N3/c1-18-9-11-21(12-10-18)24-15-26(31(4)17-19(24)2)28-20(3)22-7-5-6-8-23(22)29-25(28)16-27-30-13-14-32(27)29/h5-15,17H,16H2,1-4H3/q+1. The van der Waals surface area contributed by atoms with E-state index in [0.29, 0.717) is 0 Å². The summed E-state index contributed by atoms with van der Waals surface area (Å²) in [5.74, 6) is 1.12. The molecule has 3 heteroatoms. The third-order valence-corrected chi connectivity index (χ3v) is 6.93. The maximum Gasteiger partial charge on any atom is 0.213 e. The van der Waals surface area contributed by atoms with E-state index < -0.39 is 0 Å². The van der Waals surface area contributed by atoms with Gasteiger partial charge in [0.15, 0.2) is 6.20 Å². The van der Waals surface area contributed by atoms with Crippen LogP contribution in [0.1, 0.15) is 28.1 Å². The Labute approximate surface area is 188 Å². The number of pyridine rings is 1. The van der Waals surface area contributed by atoms with Crippen molar-refractivity contribution in [2.45, 2.75) is 27.2 Å². The summed E-state index contributed by atoms with van der Waals surface area (Å²) in [6.07, 6.45) is 7.13. The van der Waals surface area contributed by atoms with Crippen LogP contribution in [0.15, 0.2) is 73.2 Å². The molecule has 3 nitrogen and oxygen atoms in total. The van der Waals surface area contributed by atoms with Crippen LogP contribution >= 0.6 is 0 Å². The van der Waals surface area contributed by atoms with Gasteiger partial charge in [-0.1, -0.05) is 54.1 Å². The van der Waals surface area contributed by atoms with Gasteiger partial charge in [0.05, 0.1) is 11.3 Å². The highest BCUT2D eigenvalue weighted by Gasteiger charge is 2.30. The molecule has 0 N–H and O–H groups in total. The van der Waals surface area contributed by atoms with Crippen LogP contribution < -0.4 is 4.57 Å². The molecule has 5 aromatic rings. The molecule has 0 atom stereocenters. The number of fused-ring (bicyclic) bond motifs is 5. The Bertz CT molecular complexity index is 1520. The Hall–Kier alpha value is -3.72. The van der Waals surface area contributed by atoms with Gasteiger partial charge in [0.25, 0.3) is 0 Å². The Balaban J connectivity index is 1.68. The van der Waals surface area contributed by atoms with E-state index in [-0.39, 0.29) is 0 Å². The van der Waals surface area contributed by atoms with Crippen LogP contribution in [0.2, 0.25) is 0 Å². The number of aromatic nitrogens is 3. The highest BCUT2D eigenvalue weighted by molar-refractivity contribution is 6.00. The van der Waals surface area contributed by atoms with E-state index in [1.54, 1.807) is 0 Å². The smallest absolute Gasteiger partial charge is 0.213 e. The first-order chi connectivity index (χ1) is 15.5. The van der Waals surface area contributed by atoms with Gasteiger partial charge in [-0.25, -0.2) is 9.55 Å². The van der Waals surface area contributed by atoms with Crippen molar-refractivity contribution in [3.63, 3.8) is 0 Å². The second-order valence-electron chi connectivity index (χ2n) is 9.00. The molecule has 6 rings (SSSR count). The van der Waals surface area contributed by atoms with Gasteiger partial charge < -0.3 is 4.57 Å². The minimum absolute atomic E-state index is 0.858. The predicted octanol–water partition coefficient (Wildman–Crippen LogP) is 6.01. The summed E-state index contributed by atoms with van der Waals surface area (Å²) >= 11 is 0. The molecular formula is C29H26N3+. The zero-order valence-corrected chi connectivity index (χ0v) is 19.0. The molecule has 156 valence electrons. The molecule has 0 radical (unpaired) electrons. The Morgan fingerprint density at radius 3 is 2.47 bits per heavy atom. The molecule has 0 aliphatic carbocycles. The molecule has 0 spiro atoms. The van der Waals surface area contributed by atoms with Crippen LogP contribution in [0.5, 0.6) is 0 Å². The average Bonchev–Trinajstić information content (AvgIpc) is 3.37. The molecule has 1 aliphatic rings. The molecule has 0 bridgehead atoms. The van der Waals surface area contributed by atoms with E-state index in [0.717, 1.165) is 12.2 Å². The van der Waals surface area contributed by atoms with E-state index in [1.807, 2.05) is 6.20 Å². The molecule has 2 aromatic heterocycles. The van der Waals surface area contributed by atoms with Crippen molar-refractivity contribution in [3.8, 4) is 28.1 Å². The minimum Gasteiger partial charge on any atom is -0.303 e. The predicted molar refractivity (Wildman–Crippen MR) is 130 cm³/mol. The summed E-state index contributed by atoms with van der Waals surface area (Å²) < 4.78 is 4.56. The summed E-state index contributed by atoms with van der Waals surface area (Å²) in [7, 11) is 2.16. The molecule has 3 heterocycles. The van der Waals surface area contributed by atoms with Crippen molar-refractivity contribution in [2.24, 2.45) is 7.05 Å². The first-order valence-electron chi connectivity index (χ1n) is 11.2. The number of benzene rings is 3. The number of aryl methyl sites for hydroxylation is 4. The summed E-state index contributed by atoms with van der Waals surface area (Å²) in [6, 6.07) is 20.0. The topological polar surface area (TPSA) is 21.7 Å². The highest BCUT2D eigenvalue weighted by Crippen LogP contribution is 2.43. The third kappa shape index (κ3) is 2.67. The van der Waals surface area contributed by atoms with Crippen LogP contribution in [0, 0.1) is 20.8 Å². The lowest BCUT2D eigenvalue weighted by molar-refractivity contribution is -0.660. The third-order valence-electron chi connectivity index (χ3n) is 6.93. The molecule has 0 saturated carbocycles. The van der Waals surface area contributed by atoms with Gasteiger partial charge in [0.2, 0.25) is 5.69 Å². The van der Waals surface area contributed by atoms with E-state index in [1.165, 1.54) is 61.1 Å². The quantitative estimate of drug-likeness (QED) is 0.317. The second-order valence-corrected chi connectivity index (χ2v) is 9.00. The maximum absolute atomic E-state index is 4.65. The number of rotatable bonds is 2. The van der Waals surface area contributed by atoms with E-state index in [4.69, 9.17) is 0 Å². The van der Waals surface area contributed by atoms with Crippen LogP contribution in [0.3, 0.4) is 0 Å². The first kappa shape index (κ1) is 19.0. The maximum atomic E-state index is 4.65. The van der Waals surface area contributed by atoms with Crippen LogP contribution in [0.25, 0.3) is 38.8 Å². The summed E-state index contributed by atoms with van der Waals surface area (Å²) in [6.45, 7) is 6.61. The van der Waals surface area contributed by atoms with Crippen LogP contribution in [-0.2, 0) is 13.5 Å². The number of nitrogens with zero attached hydrogens (tertiary/aromatic N) is 3. The van der Waals surface area contributed by atoms with Crippen molar-refractivity contribution in [3.05, 3.63) is 101 Å². The summed E-state index contributed by atoms with van der Waals surface area (Å²) in [4.78, 5) is 4.65.